The second-order valence-corrected chi connectivity index (χ2v) is 5.27. The number of nitrogens with one attached hydrogen (secondary N) is 1. The maximum atomic E-state index is 12.4. The molecule has 6 nitrogen and oxygen atoms in total. The summed E-state index contributed by atoms with van der Waals surface area (Å²) in [5, 5.41) is 7.54. The maximum Gasteiger partial charge on any atom is 0.343 e. The molecule has 1 aromatic carbocycles. The van der Waals surface area contributed by atoms with Crippen molar-refractivity contribution in [2.24, 2.45) is 7.05 Å². The van der Waals surface area contributed by atoms with Crippen molar-refractivity contribution in [1.82, 2.24) is 9.78 Å². The van der Waals surface area contributed by atoms with Gasteiger partial charge in [0.15, 0.2) is 0 Å². The van der Waals surface area contributed by atoms with Gasteiger partial charge in [0, 0.05) is 17.6 Å². The third-order valence-corrected chi connectivity index (χ3v) is 3.52. The van der Waals surface area contributed by atoms with Gasteiger partial charge in [0.05, 0.1) is 12.3 Å². The largest absolute Gasteiger partial charge is 0.462 e. The van der Waals surface area contributed by atoms with Crippen molar-refractivity contribution >= 4 is 29.3 Å². The van der Waals surface area contributed by atoms with Crippen molar-refractivity contribution in [3.8, 4) is 0 Å². The van der Waals surface area contributed by atoms with Crippen LogP contribution in [0.4, 0.5) is 5.82 Å². The summed E-state index contributed by atoms with van der Waals surface area (Å²) >= 11 is 5.82. The number of hydrogen-bond acceptors (Lipinski definition) is 4. The van der Waals surface area contributed by atoms with Crippen LogP contribution in [-0.2, 0) is 18.2 Å². The number of esters is 1. The summed E-state index contributed by atoms with van der Waals surface area (Å²) in [6.45, 7) is 3.86. The fourth-order valence-electron chi connectivity index (χ4n) is 2.17. The van der Waals surface area contributed by atoms with Crippen LogP contribution in [0.1, 0.15) is 40.3 Å². The molecular weight excluding hydrogens is 318 g/mol. The fourth-order valence-corrected chi connectivity index (χ4v) is 2.30. The zero-order chi connectivity index (χ0) is 17.0. The van der Waals surface area contributed by atoms with Gasteiger partial charge >= 0.3 is 5.97 Å². The van der Waals surface area contributed by atoms with Gasteiger partial charge in [0.1, 0.15) is 11.4 Å². The molecule has 0 saturated carbocycles. The van der Waals surface area contributed by atoms with E-state index in [-0.39, 0.29) is 12.5 Å². The number of aromatic nitrogens is 2. The minimum absolute atomic E-state index is 0.251. The summed E-state index contributed by atoms with van der Waals surface area (Å²) in [5.74, 6) is -0.526. The van der Waals surface area contributed by atoms with Crippen molar-refractivity contribution in [3.63, 3.8) is 0 Å². The van der Waals surface area contributed by atoms with Crippen molar-refractivity contribution in [2.45, 2.75) is 20.3 Å². The highest BCUT2D eigenvalue weighted by atomic mass is 35.5. The highest BCUT2D eigenvalue weighted by Crippen LogP contribution is 2.22. The molecule has 0 fully saturated rings. The van der Waals surface area contributed by atoms with Crippen molar-refractivity contribution in [2.75, 3.05) is 11.9 Å². The van der Waals surface area contributed by atoms with Crippen LogP contribution in [0.5, 0.6) is 0 Å². The summed E-state index contributed by atoms with van der Waals surface area (Å²) in [6.07, 6.45) is 0.554. The average molecular weight is 336 g/mol. The first-order valence-electron chi connectivity index (χ1n) is 7.27. The Bertz CT molecular complexity index is 723. The Hall–Kier alpha value is -2.34. The van der Waals surface area contributed by atoms with E-state index in [9.17, 15) is 9.59 Å². The molecule has 23 heavy (non-hydrogen) atoms. The number of rotatable bonds is 5. The Kier molecular flexibility index (Phi) is 5.39. The van der Waals surface area contributed by atoms with Crippen LogP contribution >= 0.6 is 11.6 Å². The number of hydrogen-bond donors (Lipinski definition) is 1. The monoisotopic (exact) mass is 335 g/mol. The summed E-state index contributed by atoms with van der Waals surface area (Å²) in [5.41, 5.74) is 1.31. The maximum absolute atomic E-state index is 12.4. The second-order valence-electron chi connectivity index (χ2n) is 4.83. The Morgan fingerprint density at radius 1 is 1.26 bits per heavy atom. The number of aryl methyl sites for hydroxylation is 2. The van der Waals surface area contributed by atoms with Gasteiger partial charge in [-0.15, -0.1) is 0 Å². The molecule has 0 spiro atoms. The molecular formula is C16H18ClN3O3. The van der Waals surface area contributed by atoms with Gasteiger partial charge in [-0.2, -0.15) is 5.10 Å². The molecule has 0 aliphatic rings. The van der Waals surface area contributed by atoms with Gasteiger partial charge < -0.3 is 10.1 Å². The highest BCUT2D eigenvalue weighted by molar-refractivity contribution is 6.30. The molecule has 0 saturated heterocycles. The van der Waals surface area contributed by atoms with E-state index >= 15 is 0 Å². The molecule has 1 heterocycles. The van der Waals surface area contributed by atoms with Crippen LogP contribution in [0.3, 0.4) is 0 Å². The molecule has 1 N–H and O–H groups in total. The van der Waals surface area contributed by atoms with Crippen LogP contribution in [0, 0.1) is 0 Å². The molecule has 122 valence electrons. The zero-order valence-corrected chi connectivity index (χ0v) is 14.0. The van der Waals surface area contributed by atoms with Crippen LogP contribution in [0.25, 0.3) is 0 Å². The summed E-state index contributed by atoms with van der Waals surface area (Å²) in [4.78, 5) is 24.5. The van der Waals surface area contributed by atoms with E-state index in [1.54, 1.807) is 38.2 Å². The number of carbonyl (C=O) groups is 2. The molecule has 0 aliphatic carbocycles. The van der Waals surface area contributed by atoms with E-state index in [0.29, 0.717) is 34.1 Å². The summed E-state index contributed by atoms with van der Waals surface area (Å²) in [7, 11) is 1.67. The van der Waals surface area contributed by atoms with Crippen LogP contribution in [0.15, 0.2) is 24.3 Å². The van der Waals surface area contributed by atoms with Gasteiger partial charge in [-0.25, -0.2) is 4.79 Å². The van der Waals surface area contributed by atoms with Crippen molar-refractivity contribution in [1.29, 1.82) is 0 Å². The van der Waals surface area contributed by atoms with E-state index in [0.717, 1.165) is 0 Å². The van der Waals surface area contributed by atoms with E-state index in [1.807, 2.05) is 6.92 Å². The Balaban J connectivity index is 2.35. The van der Waals surface area contributed by atoms with Crippen LogP contribution in [0.2, 0.25) is 5.02 Å². The van der Waals surface area contributed by atoms with Gasteiger partial charge in [0.2, 0.25) is 0 Å². The molecule has 0 unspecified atom stereocenters. The molecule has 1 amide bonds. The Morgan fingerprint density at radius 3 is 2.48 bits per heavy atom. The lowest BCUT2D eigenvalue weighted by Crippen LogP contribution is -2.17. The minimum Gasteiger partial charge on any atom is -0.462 e. The molecule has 7 heteroatoms. The smallest absolute Gasteiger partial charge is 0.343 e. The molecule has 0 aliphatic heterocycles. The number of nitrogens with zero attached hydrogens (tertiary/aromatic N) is 2. The second kappa shape index (κ2) is 7.28. The Morgan fingerprint density at radius 2 is 1.91 bits per heavy atom. The quantitative estimate of drug-likeness (QED) is 0.852. The van der Waals surface area contributed by atoms with Crippen LogP contribution in [-0.4, -0.2) is 28.3 Å². The molecule has 2 rings (SSSR count). The van der Waals surface area contributed by atoms with Crippen molar-refractivity contribution < 1.29 is 14.3 Å². The topological polar surface area (TPSA) is 73.2 Å². The van der Waals surface area contributed by atoms with Gasteiger partial charge in [-0.1, -0.05) is 18.5 Å². The van der Waals surface area contributed by atoms with E-state index < -0.39 is 5.97 Å². The molecule has 0 atom stereocenters. The third-order valence-electron chi connectivity index (χ3n) is 3.27. The number of benzene rings is 1. The number of halogens is 1. The predicted molar refractivity (Wildman–Crippen MR) is 87.9 cm³/mol. The minimum atomic E-state index is -0.496. The molecule has 1 aromatic heterocycles. The van der Waals surface area contributed by atoms with Gasteiger partial charge in [0.25, 0.3) is 5.91 Å². The fraction of sp³-hybridized carbons (Fsp3) is 0.312. The Labute approximate surface area is 139 Å². The average Bonchev–Trinajstić information content (AvgIpc) is 2.84. The van der Waals surface area contributed by atoms with E-state index in [1.165, 1.54) is 4.68 Å². The number of carbonyl (C=O) groups excluding carboxylic acids is 2. The molecule has 2 aromatic rings. The number of anilines is 1. The molecule has 0 bridgehead atoms. The van der Waals surface area contributed by atoms with Crippen molar-refractivity contribution in [3.05, 3.63) is 46.1 Å². The number of ether oxygens (including phenoxy) is 1. The standard InChI is InChI=1S/C16H18ClN3O3/c1-4-12-13(16(22)23-5-2)14(20(3)19-12)18-15(21)10-6-8-11(17)9-7-10/h6-9H,4-5H2,1-3H3,(H,18,21). The van der Waals surface area contributed by atoms with Gasteiger partial charge in [-0.3, -0.25) is 9.48 Å². The van der Waals surface area contributed by atoms with E-state index in [4.69, 9.17) is 16.3 Å². The first kappa shape index (κ1) is 17.0. The number of amides is 1. The molecule has 0 radical (unpaired) electrons. The normalized spacial score (nSPS) is 10.4. The van der Waals surface area contributed by atoms with Gasteiger partial charge in [-0.05, 0) is 37.6 Å². The van der Waals surface area contributed by atoms with E-state index in [2.05, 4.69) is 10.4 Å². The predicted octanol–water partition coefficient (Wildman–Crippen LogP) is 3.06. The van der Waals surface area contributed by atoms with Crippen LogP contribution < -0.4 is 5.32 Å². The first-order valence-corrected chi connectivity index (χ1v) is 7.65. The summed E-state index contributed by atoms with van der Waals surface area (Å²) < 4.78 is 6.54. The lowest BCUT2D eigenvalue weighted by molar-refractivity contribution is 0.0526. The zero-order valence-electron chi connectivity index (χ0n) is 13.2. The lowest BCUT2D eigenvalue weighted by Gasteiger charge is -2.09. The third kappa shape index (κ3) is 3.71. The summed E-state index contributed by atoms with van der Waals surface area (Å²) in [6, 6.07) is 6.48. The SMILES string of the molecule is CCOC(=O)c1c(CC)nn(C)c1NC(=O)c1ccc(Cl)cc1. The first-order chi connectivity index (χ1) is 11.0. The highest BCUT2D eigenvalue weighted by Gasteiger charge is 2.24. The lowest BCUT2D eigenvalue weighted by atomic mass is 10.1.